The van der Waals surface area contributed by atoms with Gasteiger partial charge in [0.1, 0.15) is 0 Å². The van der Waals surface area contributed by atoms with Crippen molar-refractivity contribution in [3.05, 3.63) is 29.8 Å². The van der Waals surface area contributed by atoms with Gasteiger partial charge >= 0.3 is 96.8 Å². The second kappa shape index (κ2) is 6.47. The standard InChI is InChI=1S/C11H16ClNSe/c1-3-13(4-2)9-10-7-5-6-8-11(10)14-12/h5-8H,3-4,9H2,1-2H3. The number of hydrogen-bond donors (Lipinski definition) is 0. The van der Waals surface area contributed by atoms with Crippen molar-refractivity contribution >= 4 is 28.6 Å². The second-order valence-electron chi connectivity index (χ2n) is 3.15. The van der Waals surface area contributed by atoms with Gasteiger partial charge in [0.05, 0.1) is 0 Å². The Labute approximate surface area is 96.8 Å². The molecule has 0 heterocycles. The van der Waals surface area contributed by atoms with Crippen molar-refractivity contribution < 1.29 is 0 Å². The van der Waals surface area contributed by atoms with Crippen LogP contribution < -0.4 is 4.46 Å². The molecule has 0 aliphatic rings. The van der Waals surface area contributed by atoms with Crippen LogP contribution in [0.15, 0.2) is 24.3 Å². The molecule has 1 aromatic rings. The Kier molecular flexibility index (Phi) is 5.57. The van der Waals surface area contributed by atoms with Gasteiger partial charge in [-0.05, 0) is 0 Å². The first kappa shape index (κ1) is 12.1. The van der Waals surface area contributed by atoms with E-state index in [4.69, 9.17) is 10.1 Å². The van der Waals surface area contributed by atoms with Crippen molar-refractivity contribution in [3.8, 4) is 0 Å². The SMILES string of the molecule is CCN(CC)Cc1ccccc1[Se]Cl. The molecule has 0 aromatic heterocycles. The summed E-state index contributed by atoms with van der Waals surface area (Å²) in [6.07, 6.45) is 0. The zero-order valence-corrected chi connectivity index (χ0v) is 11.1. The zero-order valence-electron chi connectivity index (χ0n) is 8.66. The maximum atomic E-state index is 5.95. The molecule has 0 spiro atoms. The third-order valence-corrected chi connectivity index (χ3v) is 4.39. The van der Waals surface area contributed by atoms with Crippen molar-refractivity contribution in [2.75, 3.05) is 13.1 Å². The summed E-state index contributed by atoms with van der Waals surface area (Å²) in [5.41, 5.74) is 1.38. The van der Waals surface area contributed by atoms with Crippen molar-refractivity contribution in [1.82, 2.24) is 4.90 Å². The molecule has 1 aromatic carbocycles. The summed E-state index contributed by atoms with van der Waals surface area (Å²) >= 11 is 0.0870. The topological polar surface area (TPSA) is 3.24 Å². The van der Waals surface area contributed by atoms with E-state index in [2.05, 4.69) is 43.0 Å². The molecule has 0 saturated carbocycles. The molecule has 0 aliphatic carbocycles. The second-order valence-corrected chi connectivity index (χ2v) is 5.19. The van der Waals surface area contributed by atoms with Gasteiger partial charge in [-0.25, -0.2) is 0 Å². The van der Waals surface area contributed by atoms with Gasteiger partial charge in [-0.1, -0.05) is 0 Å². The van der Waals surface area contributed by atoms with Gasteiger partial charge in [0.25, 0.3) is 0 Å². The first-order valence-electron chi connectivity index (χ1n) is 4.90. The van der Waals surface area contributed by atoms with Crippen LogP contribution in [0.25, 0.3) is 0 Å². The third kappa shape index (κ3) is 3.29. The van der Waals surface area contributed by atoms with Crippen LogP contribution in [0.5, 0.6) is 0 Å². The van der Waals surface area contributed by atoms with Crippen LogP contribution in [-0.2, 0) is 6.54 Å². The quantitative estimate of drug-likeness (QED) is 0.744. The molecule has 14 heavy (non-hydrogen) atoms. The molecule has 0 unspecified atom stereocenters. The molecule has 0 saturated heterocycles. The van der Waals surface area contributed by atoms with Gasteiger partial charge in [0.15, 0.2) is 0 Å². The fourth-order valence-electron chi connectivity index (χ4n) is 1.40. The van der Waals surface area contributed by atoms with E-state index >= 15 is 0 Å². The molecule has 0 atom stereocenters. The van der Waals surface area contributed by atoms with E-state index in [-0.39, 0.29) is 14.0 Å². The zero-order chi connectivity index (χ0) is 10.4. The third-order valence-electron chi connectivity index (χ3n) is 2.34. The molecule has 1 nitrogen and oxygen atoms in total. The minimum absolute atomic E-state index is 0.0870. The molecule has 3 heteroatoms. The Balaban J connectivity index is 2.74. The van der Waals surface area contributed by atoms with E-state index in [1.165, 1.54) is 10.0 Å². The van der Waals surface area contributed by atoms with Gasteiger partial charge in [0, 0.05) is 0 Å². The molecule has 0 aliphatic heterocycles. The number of nitrogens with zero attached hydrogens (tertiary/aromatic N) is 1. The van der Waals surface area contributed by atoms with Gasteiger partial charge in [-0.2, -0.15) is 0 Å². The predicted octanol–water partition coefficient (Wildman–Crippen LogP) is 2.01. The summed E-state index contributed by atoms with van der Waals surface area (Å²) in [4.78, 5) is 2.40. The van der Waals surface area contributed by atoms with Crippen LogP contribution >= 0.6 is 10.1 Å². The van der Waals surface area contributed by atoms with Crippen LogP contribution in [0.1, 0.15) is 19.4 Å². The van der Waals surface area contributed by atoms with Crippen molar-refractivity contribution in [3.63, 3.8) is 0 Å². The normalized spacial score (nSPS) is 10.9. The van der Waals surface area contributed by atoms with Gasteiger partial charge < -0.3 is 0 Å². The summed E-state index contributed by atoms with van der Waals surface area (Å²) in [5.74, 6) is 0. The van der Waals surface area contributed by atoms with Crippen LogP contribution in [0.2, 0.25) is 0 Å². The summed E-state index contributed by atoms with van der Waals surface area (Å²) < 4.78 is 1.31. The number of halogens is 1. The molecule has 0 bridgehead atoms. The minimum atomic E-state index is 0.0870. The van der Waals surface area contributed by atoms with Crippen LogP contribution in [0.4, 0.5) is 0 Å². The predicted molar refractivity (Wildman–Crippen MR) is 64.3 cm³/mol. The molecule has 0 fully saturated rings. The van der Waals surface area contributed by atoms with Crippen molar-refractivity contribution in [1.29, 1.82) is 0 Å². The van der Waals surface area contributed by atoms with Crippen molar-refractivity contribution in [2.45, 2.75) is 20.4 Å². The number of benzene rings is 1. The van der Waals surface area contributed by atoms with Crippen molar-refractivity contribution in [2.24, 2.45) is 0 Å². The summed E-state index contributed by atoms with van der Waals surface area (Å²) in [7, 11) is 5.95. The fraction of sp³-hybridized carbons (Fsp3) is 0.455. The van der Waals surface area contributed by atoms with E-state index in [9.17, 15) is 0 Å². The Morgan fingerprint density at radius 1 is 1.21 bits per heavy atom. The molecule has 0 amide bonds. The monoisotopic (exact) mass is 277 g/mol. The van der Waals surface area contributed by atoms with Crippen LogP contribution in [-0.4, -0.2) is 32.0 Å². The molecular weight excluding hydrogens is 261 g/mol. The average Bonchev–Trinajstić information content (AvgIpc) is 2.26. The first-order valence-corrected chi connectivity index (χ1v) is 8.01. The summed E-state index contributed by atoms with van der Waals surface area (Å²) in [6, 6.07) is 8.46. The number of hydrogen-bond acceptors (Lipinski definition) is 1. The van der Waals surface area contributed by atoms with E-state index < -0.39 is 0 Å². The molecular formula is C11H16ClNSe. The average molecular weight is 277 g/mol. The van der Waals surface area contributed by atoms with Gasteiger partial charge in [0.2, 0.25) is 0 Å². The van der Waals surface area contributed by atoms with E-state index in [0.717, 1.165) is 19.6 Å². The van der Waals surface area contributed by atoms with Crippen LogP contribution in [0, 0.1) is 0 Å². The summed E-state index contributed by atoms with van der Waals surface area (Å²) in [6.45, 7) is 7.60. The van der Waals surface area contributed by atoms with E-state index in [0.29, 0.717) is 0 Å². The van der Waals surface area contributed by atoms with E-state index in [1.807, 2.05) is 0 Å². The Hall–Kier alpha value is -0.0105. The Morgan fingerprint density at radius 3 is 2.43 bits per heavy atom. The first-order chi connectivity index (χ1) is 6.81. The molecule has 0 radical (unpaired) electrons. The Morgan fingerprint density at radius 2 is 1.86 bits per heavy atom. The van der Waals surface area contributed by atoms with Gasteiger partial charge in [-0.15, -0.1) is 0 Å². The van der Waals surface area contributed by atoms with E-state index in [1.54, 1.807) is 0 Å². The molecule has 1 rings (SSSR count). The Bertz CT molecular complexity index is 274. The maximum absolute atomic E-state index is 5.95. The molecule has 0 N–H and O–H groups in total. The van der Waals surface area contributed by atoms with Gasteiger partial charge in [-0.3, -0.25) is 0 Å². The van der Waals surface area contributed by atoms with Crippen LogP contribution in [0.3, 0.4) is 0 Å². The fourth-order valence-corrected chi connectivity index (χ4v) is 2.94. The number of rotatable bonds is 5. The molecule has 78 valence electrons. The summed E-state index contributed by atoms with van der Waals surface area (Å²) in [5, 5.41) is 0.